The number of benzene rings is 2. The van der Waals surface area contributed by atoms with E-state index in [2.05, 4.69) is 9.97 Å². The van der Waals surface area contributed by atoms with Crippen molar-refractivity contribution >= 4 is 17.0 Å². The largest absolute Gasteiger partial charge is 0.457 e. The standard InChI is InChI=1S/C19H18N2O2/c1-12-6-4-5-7-16(12)11-23-19(22)15-8-9-17-18(10-15)21-14(3)13(2)20-17/h4-10H,11H2,1-3H3. The van der Waals surface area contributed by atoms with Crippen LogP contribution in [-0.4, -0.2) is 15.9 Å². The van der Waals surface area contributed by atoms with Gasteiger partial charge in [0.25, 0.3) is 0 Å². The van der Waals surface area contributed by atoms with Gasteiger partial charge < -0.3 is 4.74 Å². The molecule has 0 bridgehead atoms. The number of aromatic nitrogens is 2. The predicted molar refractivity (Wildman–Crippen MR) is 89.3 cm³/mol. The minimum Gasteiger partial charge on any atom is -0.457 e. The van der Waals surface area contributed by atoms with E-state index in [1.54, 1.807) is 18.2 Å². The van der Waals surface area contributed by atoms with Crippen molar-refractivity contribution in [1.82, 2.24) is 9.97 Å². The van der Waals surface area contributed by atoms with Crippen molar-refractivity contribution < 1.29 is 9.53 Å². The Labute approximate surface area is 135 Å². The van der Waals surface area contributed by atoms with E-state index >= 15 is 0 Å². The first-order valence-corrected chi connectivity index (χ1v) is 7.51. The summed E-state index contributed by atoms with van der Waals surface area (Å²) in [6.07, 6.45) is 0. The van der Waals surface area contributed by atoms with E-state index in [4.69, 9.17) is 4.74 Å². The van der Waals surface area contributed by atoms with Gasteiger partial charge in [0.15, 0.2) is 0 Å². The zero-order valence-corrected chi connectivity index (χ0v) is 13.5. The second-order valence-corrected chi connectivity index (χ2v) is 5.60. The van der Waals surface area contributed by atoms with Crippen LogP contribution in [-0.2, 0) is 11.3 Å². The minimum absolute atomic E-state index is 0.266. The molecule has 0 spiro atoms. The van der Waals surface area contributed by atoms with Crippen LogP contribution in [0.15, 0.2) is 42.5 Å². The van der Waals surface area contributed by atoms with Gasteiger partial charge in [0.2, 0.25) is 0 Å². The van der Waals surface area contributed by atoms with Crippen molar-refractivity contribution in [3.8, 4) is 0 Å². The third-order valence-electron chi connectivity index (χ3n) is 3.93. The van der Waals surface area contributed by atoms with Crippen LogP contribution < -0.4 is 0 Å². The summed E-state index contributed by atoms with van der Waals surface area (Å²) in [6.45, 7) is 6.10. The molecule has 3 aromatic rings. The lowest BCUT2D eigenvalue weighted by Gasteiger charge is -2.08. The van der Waals surface area contributed by atoms with E-state index in [0.29, 0.717) is 11.1 Å². The van der Waals surface area contributed by atoms with E-state index in [-0.39, 0.29) is 12.6 Å². The fraction of sp³-hybridized carbons (Fsp3) is 0.211. The number of aryl methyl sites for hydroxylation is 3. The quantitative estimate of drug-likeness (QED) is 0.688. The van der Waals surface area contributed by atoms with E-state index in [9.17, 15) is 4.79 Å². The monoisotopic (exact) mass is 306 g/mol. The van der Waals surface area contributed by atoms with Crippen LogP contribution in [0.25, 0.3) is 11.0 Å². The smallest absolute Gasteiger partial charge is 0.338 e. The molecule has 2 aromatic carbocycles. The van der Waals surface area contributed by atoms with Crippen LogP contribution in [0, 0.1) is 20.8 Å². The number of nitrogens with zero attached hydrogens (tertiary/aromatic N) is 2. The summed E-state index contributed by atoms with van der Waals surface area (Å²) in [5.41, 5.74) is 5.85. The molecule has 0 atom stereocenters. The maximum absolute atomic E-state index is 12.3. The van der Waals surface area contributed by atoms with Gasteiger partial charge in [-0.1, -0.05) is 24.3 Å². The number of hydrogen-bond donors (Lipinski definition) is 0. The van der Waals surface area contributed by atoms with E-state index < -0.39 is 0 Å². The highest BCUT2D eigenvalue weighted by atomic mass is 16.5. The van der Waals surface area contributed by atoms with Crippen molar-refractivity contribution in [3.63, 3.8) is 0 Å². The van der Waals surface area contributed by atoms with E-state index in [0.717, 1.165) is 28.0 Å². The highest BCUT2D eigenvalue weighted by Crippen LogP contribution is 2.16. The number of carbonyl (C=O) groups is 1. The molecule has 0 saturated heterocycles. The fourth-order valence-corrected chi connectivity index (χ4v) is 2.36. The molecule has 116 valence electrons. The highest BCUT2D eigenvalue weighted by Gasteiger charge is 2.11. The summed E-state index contributed by atoms with van der Waals surface area (Å²) < 4.78 is 5.41. The summed E-state index contributed by atoms with van der Waals surface area (Å²) in [7, 11) is 0. The van der Waals surface area contributed by atoms with Gasteiger partial charge in [-0.2, -0.15) is 0 Å². The summed E-state index contributed by atoms with van der Waals surface area (Å²) in [6, 6.07) is 13.1. The van der Waals surface area contributed by atoms with Crippen LogP contribution in [0.2, 0.25) is 0 Å². The Bertz CT molecular complexity index is 888. The van der Waals surface area contributed by atoms with Crippen molar-refractivity contribution in [2.45, 2.75) is 27.4 Å². The lowest BCUT2D eigenvalue weighted by atomic mass is 10.1. The summed E-state index contributed by atoms with van der Waals surface area (Å²) >= 11 is 0. The summed E-state index contributed by atoms with van der Waals surface area (Å²) in [4.78, 5) is 21.2. The van der Waals surface area contributed by atoms with Gasteiger partial charge in [-0.15, -0.1) is 0 Å². The van der Waals surface area contributed by atoms with Crippen LogP contribution in [0.3, 0.4) is 0 Å². The first-order chi connectivity index (χ1) is 11.0. The Morgan fingerprint density at radius 1 is 0.957 bits per heavy atom. The molecule has 0 saturated carbocycles. The average Bonchev–Trinajstić information content (AvgIpc) is 2.54. The van der Waals surface area contributed by atoms with Gasteiger partial charge in [0, 0.05) is 0 Å². The molecule has 1 aromatic heterocycles. The molecule has 0 radical (unpaired) electrons. The predicted octanol–water partition coefficient (Wildman–Crippen LogP) is 3.91. The second kappa shape index (κ2) is 6.16. The van der Waals surface area contributed by atoms with Gasteiger partial charge in [0.1, 0.15) is 6.61 Å². The van der Waals surface area contributed by atoms with Gasteiger partial charge in [-0.05, 0) is 50.1 Å². The van der Waals surface area contributed by atoms with Crippen LogP contribution in [0.1, 0.15) is 32.9 Å². The number of fused-ring (bicyclic) bond motifs is 1. The van der Waals surface area contributed by atoms with Gasteiger partial charge in [-0.25, -0.2) is 14.8 Å². The molecular formula is C19H18N2O2. The topological polar surface area (TPSA) is 52.1 Å². The van der Waals surface area contributed by atoms with Gasteiger partial charge >= 0.3 is 5.97 Å². The Kier molecular flexibility index (Phi) is 4.06. The van der Waals surface area contributed by atoms with Crippen molar-refractivity contribution in [2.24, 2.45) is 0 Å². The van der Waals surface area contributed by atoms with E-state index in [1.165, 1.54) is 0 Å². The van der Waals surface area contributed by atoms with Crippen LogP contribution in [0.5, 0.6) is 0 Å². The van der Waals surface area contributed by atoms with Crippen molar-refractivity contribution in [1.29, 1.82) is 0 Å². The maximum atomic E-state index is 12.3. The lowest BCUT2D eigenvalue weighted by molar-refractivity contribution is 0.0472. The maximum Gasteiger partial charge on any atom is 0.338 e. The van der Waals surface area contributed by atoms with E-state index in [1.807, 2.05) is 45.0 Å². The first kappa shape index (κ1) is 15.2. The molecule has 0 aliphatic rings. The van der Waals surface area contributed by atoms with Crippen molar-refractivity contribution in [2.75, 3.05) is 0 Å². The molecule has 1 heterocycles. The molecule has 0 unspecified atom stereocenters. The van der Waals surface area contributed by atoms with Crippen molar-refractivity contribution in [3.05, 3.63) is 70.5 Å². The average molecular weight is 306 g/mol. The zero-order valence-electron chi connectivity index (χ0n) is 13.5. The van der Waals surface area contributed by atoms with Gasteiger partial charge in [0.05, 0.1) is 28.0 Å². The normalized spacial score (nSPS) is 10.7. The molecule has 0 aliphatic carbocycles. The molecule has 0 fully saturated rings. The third kappa shape index (κ3) is 3.21. The molecule has 0 N–H and O–H groups in total. The molecule has 23 heavy (non-hydrogen) atoms. The number of esters is 1. The second-order valence-electron chi connectivity index (χ2n) is 5.60. The lowest BCUT2D eigenvalue weighted by Crippen LogP contribution is -2.06. The Morgan fingerprint density at radius 3 is 2.39 bits per heavy atom. The Morgan fingerprint density at radius 2 is 1.65 bits per heavy atom. The zero-order chi connectivity index (χ0) is 16.4. The number of ether oxygens (including phenoxy) is 1. The number of carbonyl (C=O) groups excluding carboxylic acids is 1. The van der Waals surface area contributed by atoms with Crippen LogP contribution >= 0.6 is 0 Å². The minimum atomic E-state index is -0.352. The molecule has 0 amide bonds. The Hall–Kier alpha value is -2.75. The molecular weight excluding hydrogens is 288 g/mol. The summed E-state index contributed by atoms with van der Waals surface area (Å²) in [5, 5.41) is 0. The molecule has 4 heteroatoms. The van der Waals surface area contributed by atoms with Gasteiger partial charge in [-0.3, -0.25) is 0 Å². The van der Waals surface area contributed by atoms with Crippen LogP contribution in [0.4, 0.5) is 0 Å². The highest BCUT2D eigenvalue weighted by molar-refractivity contribution is 5.93. The summed E-state index contributed by atoms with van der Waals surface area (Å²) in [5.74, 6) is -0.352. The number of hydrogen-bond acceptors (Lipinski definition) is 4. The Balaban J connectivity index is 1.81. The molecule has 0 aliphatic heterocycles. The first-order valence-electron chi connectivity index (χ1n) is 7.51. The number of rotatable bonds is 3. The fourth-order valence-electron chi connectivity index (χ4n) is 2.36. The SMILES string of the molecule is Cc1ccccc1COC(=O)c1ccc2nc(C)c(C)nc2c1. The molecule has 4 nitrogen and oxygen atoms in total. The molecule has 3 rings (SSSR count). The third-order valence-corrected chi connectivity index (χ3v) is 3.93.